The summed E-state index contributed by atoms with van der Waals surface area (Å²) in [5, 5.41) is 12.9. The van der Waals surface area contributed by atoms with Crippen molar-refractivity contribution in [3.05, 3.63) is 29.3 Å². The van der Waals surface area contributed by atoms with Gasteiger partial charge in [-0.25, -0.2) is 4.79 Å². The molecular weight excluding hydrogens is 382 g/mol. The normalized spacial score (nSPS) is 29.0. The molecule has 0 bridgehead atoms. The molecule has 2 unspecified atom stereocenters. The van der Waals surface area contributed by atoms with E-state index in [-0.39, 0.29) is 18.2 Å². The maximum Gasteiger partial charge on any atom is 0.413 e. The molecule has 28 heavy (non-hydrogen) atoms. The fourth-order valence-electron chi connectivity index (χ4n) is 3.25. The van der Waals surface area contributed by atoms with Crippen molar-refractivity contribution in [1.82, 2.24) is 5.32 Å². The highest BCUT2D eigenvalue weighted by Gasteiger charge is 2.50. The number of amidine groups is 1. The van der Waals surface area contributed by atoms with Crippen molar-refractivity contribution >= 4 is 28.4 Å². The third-order valence-corrected chi connectivity index (χ3v) is 6.85. The van der Waals surface area contributed by atoms with Gasteiger partial charge in [-0.2, -0.15) is 0 Å². The number of anilines is 1. The Morgan fingerprint density at radius 2 is 2.11 bits per heavy atom. The van der Waals surface area contributed by atoms with Gasteiger partial charge < -0.3 is 20.3 Å². The van der Waals surface area contributed by atoms with E-state index in [2.05, 4.69) is 5.32 Å². The third-order valence-electron chi connectivity index (χ3n) is 4.78. The Bertz CT molecular complexity index is 862. The summed E-state index contributed by atoms with van der Waals surface area (Å²) in [6.07, 6.45) is -1.78. The van der Waals surface area contributed by atoms with Crippen LogP contribution in [0.15, 0.2) is 23.2 Å². The molecule has 0 fully saturated rings. The van der Waals surface area contributed by atoms with E-state index in [1.807, 2.05) is 0 Å². The second-order valence-corrected chi connectivity index (χ2v) is 10.6. The van der Waals surface area contributed by atoms with Gasteiger partial charge in [0.05, 0.1) is 17.1 Å². The minimum atomic E-state index is -1.39. The Morgan fingerprint density at radius 3 is 2.75 bits per heavy atom. The summed E-state index contributed by atoms with van der Waals surface area (Å²) in [6, 6.07) is 5.05. The lowest BCUT2D eigenvalue weighted by atomic mass is 9.86. The van der Waals surface area contributed by atoms with Crippen LogP contribution in [0, 0.1) is 0 Å². The zero-order valence-corrected chi connectivity index (χ0v) is 17.6. The van der Waals surface area contributed by atoms with Crippen molar-refractivity contribution in [1.29, 1.82) is 0 Å². The highest BCUT2D eigenvalue weighted by atomic mass is 32.2. The quantitative estimate of drug-likeness (QED) is 0.563. The number of carbonyl (C=O) groups excluding carboxylic acids is 1. The van der Waals surface area contributed by atoms with Crippen molar-refractivity contribution in [2.45, 2.75) is 56.8 Å². The highest BCUT2D eigenvalue weighted by Crippen LogP contribution is 2.43. The first-order valence-corrected chi connectivity index (χ1v) is 10.3. The summed E-state index contributed by atoms with van der Waals surface area (Å²) in [6.45, 7) is 8.81. The maximum atomic E-state index is 13.1. The van der Waals surface area contributed by atoms with Gasteiger partial charge in [-0.15, -0.1) is 0 Å². The first-order valence-electron chi connectivity index (χ1n) is 9.02. The Hall–Kier alpha value is -1.97. The molecule has 0 saturated carbocycles. The highest BCUT2D eigenvalue weighted by molar-refractivity contribution is 7.87. The van der Waals surface area contributed by atoms with Gasteiger partial charge in [0.1, 0.15) is 17.0 Å². The number of nitrogens with two attached hydrogens (primary N) is 1. The van der Waals surface area contributed by atoms with Gasteiger partial charge in [0.2, 0.25) is 0 Å². The molecular formula is C19H27N3O5S. The predicted molar refractivity (Wildman–Crippen MR) is 107 cm³/mol. The molecule has 9 heteroatoms. The van der Waals surface area contributed by atoms with Crippen LogP contribution in [0.1, 0.15) is 52.0 Å². The van der Waals surface area contributed by atoms with E-state index in [1.54, 1.807) is 52.8 Å². The number of nitrogen functional groups attached to an aromatic ring is 1. The minimum Gasteiger partial charge on any atom is -0.444 e. The van der Waals surface area contributed by atoms with Crippen molar-refractivity contribution in [2.75, 3.05) is 18.1 Å². The smallest absolute Gasteiger partial charge is 0.413 e. The number of rotatable bonds is 0. The van der Waals surface area contributed by atoms with E-state index in [1.165, 1.54) is 0 Å². The van der Waals surface area contributed by atoms with Gasteiger partial charge in [-0.05, 0) is 52.3 Å². The number of hydrogen-bond donors (Lipinski definition) is 3. The number of ether oxygens (including phenoxy) is 2. The number of nitrogens with one attached hydrogen (secondary N) is 1. The molecule has 1 amide bonds. The Kier molecular flexibility index (Phi) is 5.06. The van der Waals surface area contributed by atoms with Gasteiger partial charge in [-0.1, -0.05) is 6.07 Å². The molecule has 154 valence electrons. The number of aliphatic hydroxyl groups is 1. The Morgan fingerprint density at radius 1 is 1.43 bits per heavy atom. The molecule has 3 atom stereocenters. The maximum absolute atomic E-state index is 13.1. The number of fused-ring (bicyclic) bond motifs is 2. The van der Waals surface area contributed by atoms with Gasteiger partial charge in [0, 0.05) is 22.1 Å². The average Bonchev–Trinajstić information content (AvgIpc) is 2.55. The van der Waals surface area contributed by atoms with E-state index < -0.39 is 39.1 Å². The SMILES string of the molecule is CC(C)(C)OC(=O)NC1=N[C@@]2(COC(O)c3ccc(N)cc32)CS(=O)C1(C)C. The van der Waals surface area contributed by atoms with E-state index >= 15 is 0 Å². The number of benzene rings is 1. The van der Waals surface area contributed by atoms with Gasteiger partial charge in [0.25, 0.3) is 0 Å². The van der Waals surface area contributed by atoms with Crippen molar-refractivity contribution in [3.63, 3.8) is 0 Å². The number of aliphatic hydroxyl groups excluding tert-OH is 1. The van der Waals surface area contributed by atoms with Crippen LogP contribution >= 0.6 is 0 Å². The number of hydrogen-bond acceptors (Lipinski definition) is 7. The van der Waals surface area contributed by atoms with Crippen molar-refractivity contribution in [2.24, 2.45) is 4.99 Å². The summed E-state index contributed by atoms with van der Waals surface area (Å²) < 4.78 is 23.1. The third kappa shape index (κ3) is 3.78. The number of amides is 1. The molecule has 0 radical (unpaired) electrons. The molecule has 3 rings (SSSR count). The monoisotopic (exact) mass is 409 g/mol. The molecule has 2 aliphatic rings. The van der Waals surface area contributed by atoms with Crippen LogP contribution in [-0.2, 0) is 25.8 Å². The molecule has 1 aromatic carbocycles. The zero-order chi connectivity index (χ0) is 20.9. The van der Waals surface area contributed by atoms with Crippen LogP contribution in [0.3, 0.4) is 0 Å². The van der Waals surface area contributed by atoms with E-state index in [9.17, 15) is 14.1 Å². The summed E-state index contributed by atoms with van der Waals surface area (Å²) in [5.41, 5.74) is 5.93. The number of alkyl carbamates (subject to hydrolysis) is 1. The molecule has 0 saturated heterocycles. The summed E-state index contributed by atoms with van der Waals surface area (Å²) in [4.78, 5) is 17.1. The molecule has 1 aromatic rings. The predicted octanol–water partition coefficient (Wildman–Crippen LogP) is 1.95. The Balaban J connectivity index is 2.08. The second kappa shape index (κ2) is 6.82. The van der Waals surface area contributed by atoms with Crippen LogP contribution in [0.25, 0.3) is 0 Å². The van der Waals surface area contributed by atoms with Crippen LogP contribution in [-0.4, -0.2) is 44.0 Å². The number of carbonyl (C=O) groups is 1. The standard InChI is InChI=1S/C19H27N3O5S/c1-17(2,3)27-16(24)21-15-18(4,5)28(25)10-19(22-15)9-26-14(23)12-7-6-11(20)8-13(12)19/h6-8,14,23H,9-10,20H2,1-5H3,(H,21,22,24)/t14?,19-,28?/m0/s1. The lowest BCUT2D eigenvalue weighted by molar-refractivity contribution is -0.128. The van der Waals surface area contributed by atoms with E-state index in [0.717, 1.165) is 0 Å². The number of aliphatic imine (C=N–C) groups is 1. The minimum absolute atomic E-state index is 0.0198. The van der Waals surface area contributed by atoms with Gasteiger partial charge in [0.15, 0.2) is 6.29 Å². The fraction of sp³-hybridized carbons (Fsp3) is 0.579. The lowest BCUT2D eigenvalue weighted by Crippen LogP contribution is -2.58. The second-order valence-electron chi connectivity index (χ2n) is 8.63. The molecule has 2 heterocycles. The molecule has 4 N–H and O–H groups in total. The van der Waals surface area contributed by atoms with Crippen molar-refractivity contribution < 1.29 is 23.6 Å². The summed E-state index contributed by atoms with van der Waals surface area (Å²) >= 11 is 0. The Labute approximate surface area is 167 Å². The number of nitrogens with zero attached hydrogens (tertiary/aromatic N) is 1. The van der Waals surface area contributed by atoms with Gasteiger partial charge >= 0.3 is 6.09 Å². The zero-order valence-electron chi connectivity index (χ0n) is 16.7. The molecule has 2 aliphatic heterocycles. The van der Waals surface area contributed by atoms with E-state index in [0.29, 0.717) is 16.8 Å². The lowest BCUT2D eigenvalue weighted by Gasteiger charge is -2.44. The average molecular weight is 410 g/mol. The molecule has 0 aliphatic carbocycles. The van der Waals surface area contributed by atoms with E-state index in [4.69, 9.17) is 20.2 Å². The summed E-state index contributed by atoms with van der Waals surface area (Å²) in [7, 11) is -1.39. The topological polar surface area (TPSA) is 123 Å². The molecule has 1 spiro atoms. The van der Waals surface area contributed by atoms with Crippen LogP contribution in [0.5, 0.6) is 0 Å². The first-order chi connectivity index (χ1) is 12.8. The van der Waals surface area contributed by atoms with Crippen LogP contribution < -0.4 is 11.1 Å². The van der Waals surface area contributed by atoms with Gasteiger partial charge in [-0.3, -0.25) is 14.5 Å². The molecule has 0 aromatic heterocycles. The van der Waals surface area contributed by atoms with Crippen LogP contribution in [0.2, 0.25) is 0 Å². The fourth-order valence-corrected chi connectivity index (χ4v) is 4.66. The first kappa shape index (κ1) is 20.8. The van der Waals surface area contributed by atoms with Crippen molar-refractivity contribution in [3.8, 4) is 0 Å². The van der Waals surface area contributed by atoms with Crippen LogP contribution in [0.4, 0.5) is 10.5 Å². The largest absolute Gasteiger partial charge is 0.444 e. The summed E-state index contributed by atoms with van der Waals surface area (Å²) in [5.74, 6) is 0.433. The molecule has 8 nitrogen and oxygen atoms in total.